The summed E-state index contributed by atoms with van der Waals surface area (Å²) in [4.78, 5) is 23.8. The van der Waals surface area contributed by atoms with E-state index in [4.69, 9.17) is 8.85 Å². The van der Waals surface area contributed by atoms with Crippen molar-refractivity contribution in [3.63, 3.8) is 0 Å². The van der Waals surface area contributed by atoms with E-state index in [0.717, 1.165) is 11.5 Å². The Morgan fingerprint density at radius 1 is 0.810 bits per heavy atom. The molecule has 0 aromatic rings. The number of fused-ring (bicyclic) bond motifs is 1. The van der Waals surface area contributed by atoms with Crippen LogP contribution < -0.4 is 5.32 Å². The van der Waals surface area contributed by atoms with Gasteiger partial charge in [-0.15, -0.1) is 0 Å². The molecule has 2 amide bonds. The average molecular weight is 328 g/mol. The summed E-state index contributed by atoms with van der Waals surface area (Å²) in [6, 6.07) is 0. The van der Waals surface area contributed by atoms with Gasteiger partial charge in [0.15, 0.2) is 0 Å². The third kappa shape index (κ3) is 3.97. The molecule has 1 saturated heterocycles. The summed E-state index contributed by atoms with van der Waals surface area (Å²) in [5.41, 5.74) is 0. The number of nitrogens with one attached hydrogen (secondary N) is 1. The van der Waals surface area contributed by atoms with Crippen LogP contribution in [0.2, 0.25) is 39.3 Å². The first-order valence-corrected chi connectivity index (χ1v) is 14.2. The predicted octanol–water partition coefficient (Wildman–Crippen LogP) is 2.58. The molecule has 2 atom stereocenters. The van der Waals surface area contributed by atoms with Gasteiger partial charge in [0.05, 0.1) is 11.8 Å². The van der Waals surface area contributed by atoms with Gasteiger partial charge in [-0.25, -0.2) is 0 Å². The zero-order chi connectivity index (χ0) is 16.0. The topological polar surface area (TPSA) is 64.6 Å². The SMILES string of the molecule is C[Si](C)(C)OC1=C(O[Si](C)(C)C)CC2C(=O)NC(=O)C2C1. The van der Waals surface area contributed by atoms with Gasteiger partial charge < -0.3 is 8.85 Å². The van der Waals surface area contributed by atoms with Crippen molar-refractivity contribution in [2.24, 2.45) is 11.8 Å². The van der Waals surface area contributed by atoms with Crippen molar-refractivity contribution in [3.05, 3.63) is 11.5 Å². The van der Waals surface area contributed by atoms with Crippen LogP contribution in [0.5, 0.6) is 0 Å². The predicted molar refractivity (Wildman–Crippen MR) is 85.3 cm³/mol. The zero-order valence-electron chi connectivity index (χ0n) is 13.7. The smallest absolute Gasteiger partial charge is 0.241 e. The zero-order valence-corrected chi connectivity index (χ0v) is 15.7. The first-order chi connectivity index (χ1) is 9.46. The molecule has 1 aliphatic heterocycles. The molecule has 21 heavy (non-hydrogen) atoms. The Bertz CT molecular complexity index is 458. The Hall–Kier alpha value is -1.09. The molecule has 0 aromatic heterocycles. The molecule has 2 rings (SSSR count). The quantitative estimate of drug-likeness (QED) is 0.637. The van der Waals surface area contributed by atoms with Gasteiger partial charge in [-0.3, -0.25) is 14.9 Å². The third-order valence-corrected chi connectivity index (χ3v) is 5.10. The van der Waals surface area contributed by atoms with Gasteiger partial charge in [-0.1, -0.05) is 0 Å². The standard InChI is InChI=1S/C14H25NO4Si2/c1-20(2,3)18-11-7-9-10(14(17)15-13(9)16)8-12(11)19-21(4,5)6/h9-10H,7-8H2,1-6H3,(H,15,16,17). The van der Waals surface area contributed by atoms with Crippen LogP contribution in [0.1, 0.15) is 12.8 Å². The number of amides is 2. The van der Waals surface area contributed by atoms with Gasteiger partial charge in [0.25, 0.3) is 0 Å². The van der Waals surface area contributed by atoms with Crippen molar-refractivity contribution in [2.45, 2.75) is 52.1 Å². The maximum Gasteiger partial charge on any atom is 0.241 e. The first-order valence-electron chi connectivity index (χ1n) is 7.41. The molecular formula is C14H25NO4Si2. The second kappa shape index (κ2) is 5.28. The highest BCUT2D eigenvalue weighted by Gasteiger charge is 2.47. The highest BCUT2D eigenvalue weighted by atomic mass is 28.4. The van der Waals surface area contributed by atoms with E-state index in [-0.39, 0.29) is 23.7 Å². The summed E-state index contributed by atoms with van der Waals surface area (Å²) in [7, 11) is -3.57. The fraction of sp³-hybridized carbons (Fsp3) is 0.714. The van der Waals surface area contributed by atoms with Crippen LogP contribution in [-0.4, -0.2) is 28.4 Å². The van der Waals surface area contributed by atoms with Crippen LogP contribution in [0.25, 0.3) is 0 Å². The first kappa shape index (κ1) is 16.3. The van der Waals surface area contributed by atoms with Crippen molar-refractivity contribution in [1.82, 2.24) is 5.32 Å². The molecule has 7 heteroatoms. The minimum atomic E-state index is -1.78. The van der Waals surface area contributed by atoms with Crippen LogP contribution in [-0.2, 0) is 18.4 Å². The minimum absolute atomic E-state index is 0.172. The lowest BCUT2D eigenvalue weighted by atomic mass is 9.83. The van der Waals surface area contributed by atoms with E-state index >= 15 is 0 Å². The van der Waals surface area contributed by atoms with E-state index in [0.29, 0.717) is 12.8 Å². The van der Waals surface area contributed by atoms with Crippen molar-refractivity contribution >= 4 is 28.4 Å². The number of carbonyl (C=O) groups is 2. The van der Waals surface area contributed by atoms with E-state index < -0.39 is 16.6 Å². The number of imide groups is 1. The summed E-state index contributed by atoms with van der Waals surface area (Å²) < 4.78 is 12.3. The molecular weight excluding hydrogens is 302 g/mol. The van der Waals surface area contributed by atoms with Gasteiger partial charge in [0.2, 0.25) is 28.4 Å². The van der Waals surface area contributed by atoms with Crippen LogP contribution in [0.3, 0.4) is 0 Å². The highest BCUT2D eigenvalue weighted by Crippen LogP contribution is 2.40. The van der Waals surface area contributed by atoms with Gasteiger partial charge >= 0.3 is 0 Å². The largest absolute Gasteiger partial charge is 0.545 e. The van der Waals surface area contributed by atoms with E-state index in [1.807, 2.05) is 0 Å². The molecule has 1 N–H and O–H groups in total. The molecule has 1 heterocycles. The Balaban J connectivity index is 2.32. The molecule has 1 aliphatic carbocycles. The van der Waals surface area contributed by atoms with Gasteiger partial charge in [0.1, 0.15) is 11.5 Å². The van der Waals surface area contributed by atoms with Crippen LogP contribution >= 0.6 is 0 Å². The van der Waals surface area contributed by atoms with Gasteiger partial charge in [-0.05, 0) is 39.3 Å². The Labute approximate surface area is 128 Å². The average Bonchev–Trinajstić information content (AvgIpc) is 2.51. The highest BCUT2D eigenvalue weighted by molar-refractivity contribution is 6.70. The number of allylic oxidation sites excluding steroid dienone is 2. The number of carbonyl (C=O) groups excluding carboxylic acids is 2. The molecule has 0 bridgehead atoms. The number of hydrogen-bond acceptors (Lipinski definition) is 4. The molecule has 0 saturated carbocycles. The molecule has 0 aromatic carbocycles. The molecule has 2 unspecified atom stereocenters. The summed E-state index contributed by atoms with van der Waals surface area (Å²) in [5.74, 6) is 0.656. The second-order valence-electron chi connectivity index (χ2n) is 7.75. The maximum atomic E-state index is 11.9. The summed E-state index contributed by atoms with van der Waals surface area (Å²) in [6.07, 6.45) is 0.957. The van der Waals surface area contributed by atoms with Crippen molar-refractivity contribution in [2.75, 3.05) is 0 Å². The summed E-state index contributed by atoms with van der Waals surface area (Å²) >= 11 is 0. The van der Waals surface area contributed by atoms with Gasteiger partial charge in [-0.2, -0.15) is 0 Å². The van der Waals surface area contributed by atoms with Gasteiger partial charge in [0, 0.05) is 12.8 Å². The van der Waals surface area contributed by atoms with Crippen LogP contribution in [0.4, 0.5) is 0 Å². The number of rotatable bonds is 4. The third-order valence-electron chi connectivity index (χ3n) is 3.39. The Morgan fingerprint density at radius 3 is 1.43 bits per heavy atom. The minimum Gasteiger partial charge on any atom is -0.545 e. The number of hydrogen-bond donors (Lipinski definition) is 1. The van der Waals surface area contributed by atoms with Crippen molar-refractivity contribution in [1.29, 1.82) is 0 Å². The monoisotopic (exact) mass is 327 g/mol. The normalized spacial score (nSPS) is 26.6. The van der Waals surface area contributed by atoms with Crippen molar-refractivity contribution in [3.8, 4) is 0 Å². The molecule has 1 fully saturated rings. The lowest BCUT2D eigenvalue weighted by molar-refractivity contribution is -0.126. The summed E-state index contributed by atoms with van der Waals surface area (Å²) in [6.45, 7) is 12.7. The van der Waals surface area contributed by atoms with E-state index in [1.165, 1.54) is 0 Å². The van der Waals surface area contributed by atoms with E-state index in [9.17, 15) is 9.59 Å². The lowest BCUT2D eigenvalue weighted by Crippen LogP contribution is -2.34. The fourth-order valence-corrected chi connectivity index (χ4v) is 4.58. The van der Waals surface area contributed by atoms with E-state index in [1.54, 1.807) is 0 Å². The molecule has 5 nitrogen and oxygen atoms in total. The van der Waals surface area contributed by atoms with Crippen LogP contribution in [0.15, 0.2) is 11.5 Å². The van der Waals surface area contributed by atoms with Crippen molar-refractivity contribution < 1.29 is 18.4 Å². The molecule has 118 valence electrons. The lowest BCUT2D eigenvalue weighted by Gasteiger charge is -2.34. The molecule has 0 spiro atoms. The molecule has 0 radical (unpaired) electrons. The fourth-order valence-electron chi connectivity index (χ4n) is 2.71. The second-order valence-corrected chi connectivity index (χ2v) is 16.6. The Kier molecular flexibility index (Phi) is 4.09. The summed E-state index contributed by atoms with van der Waals surface area (Å²) in [5, 5.41) is 2.43. The maximum absolute atomic E-state index is 11.9. The Morgan fingerprint density at radius 2 is 1.14 bits per heavy atom. The molecule has 2 aliphatic rings. The van der Waals surface area contributed by atoms with Crippen LogP contribution in [0, 0.1) is 11.8 Å². The van der Waals surface area contributed by atoms with E-state index in [2.05, 4.69) is 44.6 Å².